The molecule has 0 radical (unpaired) electrons. The molecular formula is C26H24N4O3. The summed E-state index contributed by atoms with van der Waals surface area (Å²) in [7, 11) is 0. The van der Waals surface area contributed by atoms with Crippen molar-refractivity contribution < 1.29 is 15.3 Å². The van der Waals surface area contributed by atoms with Gasteiger partial charge < -0.3 is 24.5 Å². The molecular weight excluding hydrogens is 416 g/mol. The van der Waals surface area contributed by atoms with E-state index in [-0.39, 0.29) is 17.5 Å². The molecule has 166 valence electrons. The summed E-state index contributed by atoms with van der Waals surface area (Å²) in [5.41, 5.74) is 2.33. The second kappa shape index (κ2) is 10.2. The first-order valence-electron chi connectivity index (χ1n) is 10.4. The van der Waals surface area contributed by atoms with E-state index in [0.29, 0.717) is 23.4 Å². The van der Waals surface area contributed by atoms with Crippen LogP contribution in [0.15, 0.2) is 110 Å². The van der Waals surface area contributed by atoms with Crippen molar-refractivity contribution >= 4 is 0 Å². The highest BCUT2D eigenvalue weighted by atomic mass is 16.3. The molecule has 0 amide bonds. The highest BCUT2D eigenvalue weighted by Crippen LogP contribution is 2.36. The summed E-state index contributed by atoms with van der Waals surface area (Å²) < 4.78 is 3.76. The third-order valence-electron chi connectivity index (χ3n) is 5.19. The van der Waals surface area contributed by atoms with E-state index in [0.717, 1.165) is 5.56 Å². The van der Waals surface area contributed by atoms with Crippen LogP contribution in [0, 0.1) is 0 Å². The number of nitrogens with zero attached hydrogens (tertiary/aromatic N) is 4. The van der Waals surface area contributed by atoms with Gasteiger partial charge in [0.05, 0.1) is 25.2 Å². The van der Waals surface area contributed by atoms with Gasteiger partial charge in [-0.25, -0.2) is 9.97 Å². The first-order chi connectivity index (χ1) is 16.1. The van der Waals surface area contributed by atoms with E-state index in [1.54, 1.807) is 55.4 Å². The van der Waals surface area contributed by atoms with Gasteiger partial charge in [-0.1, -0.05) is 54.6 Å². The van der Waals surface area contributed by atoms with Gasteiger partial charge in [-0.15, -0.1) is 0 Å². The molecule has 7 nitrogen and oxygen atoms in total. The van der Waals surface area contributed by atoms with Crippen LogP contribution in [0.5, 0.6) is 17.2 Å². The maximum Gasteiger partial charge on any atom is 0.121 e. The number of para-hydroxylation sites is 3. The topological polar surface area (TPSA) is 96.3 Å². The number of hydrogen-bond acceptors (Lipinski definition) is 5. The minimum Gasteiger partial charge on any atom is -0.508 e. The van der Waals surface area contributed by atoms with Crippen LogP contribution in [-0.2, 0) is 6.54 Å². The Morgan fingerprint density at radius 2 is 1.18 bits per heavy atom. The molecule has 5 rings (SSSR count). The monoisotopic (exact) mass is 440 g/mol. The molecule has 0 saturated heterocycles. The van der Waals surface area contributed by atoms with Gasteiger partial charge in [-0.3, -0.25) is 0 Å². The molecule has 0 aliphatic heterocycles. The van der Waals surface area contributed by atoms with Gasteiger partial charge in [0.25, 0.3) is 0 Å². The lowest BCUT2D eigenvalue weighted by molar-refractivity contribution is 0.446. The quantitative estimate of drug-likeness (QED) is 0.372. The number of rotatable bonds is 5. The molecule has 0 atom stereocenters. The molecule has 33 heavy (non-hydrogen) atoms. The summed E-state index contributed by atoms with van der Waals surface area (Å²) in [6, 6.07) is 21.2. The van der Waals surface area contributed by atoms with Crippen LogP contribution < -0.4 is 0 Å². The zero-order valence-corrected chi connectivity index (χ0v) is 17.8. The third-order valence-corrected chi connectivity index (χ3v) is 5.19. The van der Waals surface area contributed by atoms with E-state index >= 15 is 0 Å². The first kappa shape index (κ1) is 21.7. The van der Waals surface area contributed by atoms with Crippen molar-refractivity contribution in [3.05, 3.63) is 127 Å². The fourth-order valence-corrected chi connectivity index (χ4v) is 3.57. The van der Waals surface area contributed by atoms with E-state index in [2.05, 4.69) is 9.97 Å². The molecule has 2 aromatic heterocycles. The minimum atomic E-state index is -0.320. The van der Waals surface area contributed by atoms with E-state index < -0.39 is 0 Å². The van der Waals surface area contributed by atoms with Gasteiger partial charge in [0, 0.05) is 41.5 Å². The molecule has 0 aliphatic rings. The van der Waals surface area contributed by atoms with Crippen LogP contribution in [0.25, 0.3) is 0 Å². The average Bonchev–Trinajstić information content (AvgIpc) is 3.53. The second-order valence-corrected chi connectivity index (χ2v) is 7.39. The zero-order chi connectivity index (χ0) is 23.0. The Kier molecular flexibility index (Phi) is 6.70. The maximum absolute atomic E-state index is 10.1. The summed E-state index contributed by atoms with van der Waals surface area (Å²) in [6.45, 7) is 0.659. The maximum atomic E-state index is 10.1. The van der Waals surface area contributed by atoms with Crippen LogP contribution in [0.4, 0.5) is 0 Å². The van der Waals surface area contributed by atoms with E-state index in [1.165, 1.54) is 0 Å². The number of phenols is 3. The molecule has 0 bridgehead atoms. The number of benzene rings is 3. The fraction of sp³-hybridized carbons (Fsp3) is 0.0769. The Labute approximate surface area is 191 Å². The average molecular weight is 441 g/mol. The standard InChI is InChI=1S/C16H14N2O2.C10H10N2O/c19-14-7-3-1-5-12(14)16(18-10-9-17-11-18)13-6-2-4-8-15(13)20;13-10-4-2-1-3-9(10)7-12-6-5-11-8-12/h1-11,16,19-20H;1-6,8,13H,7H2. The predicted octanol–water partition coefficient (Wildman–Crippen LogP) is 4.57. The largest absolute Gasteiger partial charge is 0.508 e. The van der Waals surface area contributed by atoms with Crippen LogP contribution in [0.3, 0.4) is 0 Å². The van der Waals surface area contributed by atoms with Crippen molar-refractivity contribution in [1.82, 2.24) is 19.1 Å². The lowest BCUT2D eigenvalue weighted by Gasteiger charge is -2.21. The summed E-state index contributed by atoms with van der Waals surface area (Å²) >= 11 is 0. The normalized spacial score (nSPS) is 10.6. The molecule has 0 unspecified atom stereocenters. The van der Waals surface area contributed by atoms with Gasteiger partial charge in [-0.05, 0) is 18.2 Å². The van der Waals surface area contributed by atoms with Crippen molar-refractivity contribution in [2.45, 2.75) is 12.6 Å². The Morgan fingerprint density at radius 1 is 0.636 bits per heavy atom. The van der Waals surface area contributed by atoms with Crippen LogP contribution >= 0.6 is 0 Å². The molecule has 0 spiro atoms. The first-order valence-corrected chi connectivity index (χ1v) is 10.4. The lowest BCUT2D eigenvalue weighted by atomic mass is 9.97. The number of aromatic nitrogens is 4. The number of aromatic hydroxyl groups is 3. The van der Waals surface area contributed by atoms with E-state index in [9.17, 15) is 15.3 Å². The number of hydrogen-bond donors (Lipinski definition) is 3. The highest BCUT2D eigenvalue weighted by Gasteiger charge is 2.21. The van der Waals surface area contributed by atoms with Gasteiger partial charge in [0.2, 0.25) is 0 Å². The van der Waals surface area contributed by atoms with Gasteiger partial charge in [0.1, 0.15) is 17.2 Å². The molecule has 0 saturated carbocycles. The molecule has 7 heteroatoms. The summed E-state index contributed by atoms with van der Waals surface area (Å²) in [4.78, 5) is 7.98. The smallest absolute Gasteiger partial charge is 0.121 e. The summed E-state index contributed by atoms with van der Waals surface area (Å²) in [5, 5.41) is 29.7. The van der Waals surface area contributed by atoms with Crippen LogP contribution in [0.1, 0.15) is 22.7 Å². The van der Waals surface area contributed by atoms with Crippen molar-refractivity contribution in [3.63, 3.8) is 0 Å². The Bertz CT molecular complexity index is 1240. The van der Waals surface area contributed by atoms with Gasteiger partial charge in [-0.2, -0.15) is 0 Å². The van der Waals surface area contributed by atoms with Gasteiger partial charge in [0.15, 0.2) is 0 Å². The lowest BCUT2D eigenvalue weighted by Crippen LogP contribution is -2.11. The summed E-state index contributed by atoms with van der Waals surface area (Å²) in [6.07, 6.45) is 10.5. The Balaban J connectivity index is 0.000000172. The molecule has 0 aliphatic carbocycles. The van der Waals surface area contributed by atoms with Gasteiger partial charge >= 0.3 is 0 Å². The second-order valence-electron chi connectivity index (χ2n) is 7.39. The Hall–Kier alpha value is -4.52. The van der Waals surface area contributed by atoms with Crippen molar-refractivity contribution in [2.24, 2.45) is 0 Å². The molecule has 2 heterocycles. The van der Waals surface area contributed by atoms with Crippen LogP contribution in [0.2, 0.25) is 0 Å². The van der Waals surface area contributed by atoms with Crippen molar-refractivity contribution in [1.29, 1.82) is 0 Å². The van der Waals surface area contributed by atoms with Crippen LogP contribution in [-0.4, -0.2) is 34.4 Å². The summed E-state index contributed by atoms with van der Waals surface area (Å²) in [5.74, 6) is 0.708. The predicted molar refractivity (Wildman–Crippen MR) is 125 cm³/mol. The fourth-order valence-electron chi connectivity index (χ4n) is 3.57. The molecule has 0 fully saturated rings. The Morgan fingerprint density at radius 3 is 1.70 bits per heavy atom. The van der Waals surface area contributed by atoms with Crippen molar-refractivity contribution in [3.8, 4) is 17.2 Å². The number of phenolic OH excluding ortho intramolecular Hbond substituents is 3. The molecule has 3 aromatic carbocycles. The van der Waals surface area contributed by atoms with E-state index in [4.69, 9.17) is 0 Å². The minimum absolute atomic E-state index is 0.189. The SMILES string of the molecule is Oc1ccccc1C(c1ccccc1O)n1ccnc1.Oc1ccccc1Cn1ccnc1. The van der Waals surface area contributed by atoms with Crippen molar-refractivity contribution in [2.75, 3.05) is 0 Å². The third kappa shape index (κ3) is 5.22. The molecule has 5 aromatic rings. The zero-order valence-electron chi connectivity index (χ0n) is 17.8. The highest BCUT2D eigenvalue weighted by molar-refractivity contribution is 5.46. The molecule has 3 N–H and O–H groups in total. The van der Waals surface area contributed by atoms with E-state index in [1.807, 2.05) is 64.0 Å². The number of imidazole rings is 2.